The van der Waals surface area contributed by atoms with Gasteiger partial charge in [0, 0.05) is 54.6 Å². The number of fused-ring (bicyclic) bond motifs is 1. The van der Waals surface area contributed by atoms with Crippen molar-refractivity contribution in [3.05, 3.63) is 76.4 Å². The molecule has 5 rings (SSSR count). The molecule has 1 amide bonds. The molecule has 0 spiro atoms. The van der Waals surface area contributed by atoms with Gasteiger partial charge in [0.1, 0.15) is 18.1 Å². The van der Waals surface area contributed by atoms with Crippen LogP contribution in [-0.2, 0) is 24.3 Å². The van der Waals surface area contributed by atoms with Crippen LogP contribution in [0.4, 0.5) is 0 Å². The van der Waals surface area contributed by atoms with Gasteiger partial charge in [-0.1, -0.05) is 11.2 Å². The molecule has 0 bridgehead atoms. The Balaban J connectivity index is 1.25. The molecule has 4 heterocycles. The fourth-order valence-corrected chi connectivity index (χ4v) is 5.19. The van der Waals surface area contributed by atoms with Crippen molar-refractivity contribution in [2.45, 2.75) is 46.2 Å². The minimum absolute atomic E-state index is 0.00968. The number of aryl methyl sites for hydroxylation is 2. The number of likely N-dealkylation sites (tertiary alicyclic amines) is 1. The first kappa shape index (κ1) is 24.2. The maximum Gasteiger partial charge on any atom is 0.227 e. The van der Waals surface area contributed by atoms with Gasteiger partial charge in [-0.25, -0.2) is 0 Å². The van der Waals surface area contributed by atoms with E-state index in [0.29, 0.717) is 31.0 Å². The predicted octanol–water partition coefficient (Wildman–Crippen LogP) is 3.75. The first-order chi connectivity index (χ1) is 17.5. The molecule has 0 aliphatic carbocycles. The predicted molar refractivity (Wildman–Crippen MR) is 134 cm³/mol. The number of pyridine rings is 1. The van der Waals surface area contributed by atoms with E-state index >= 15 is 0 Å². The summed E-state index contributed by atoms with van der Waals surface area (Å²) in [6, 6.07) is 9.90. The number of carbonyl (C=O) groups is 2. The molecule has 2 aliphatic heterocycles. The average molecular weight is 489 g/mol. The van der Waals surface area contributed by atoms with Crippen LogP contribution in [0, 0.1) is 19.8 Å². The van der Waals surface area contributed by atoms with Crippen LogP contribution in [0.25, 0.3) is 0 Å². The lowest BCUT2D eigenvalue weighted by atomic mass is 9.90. The number of nitrogens with zero attached hydrogens (tertiary/aromatic N) is 4. The fourth-order valence-electron chi connectivity index (χ4n) is 5.19. The summed E-state index contributed by atoms with van der Waals surface area (Å²) in [5, 5.41) is 3.97. The van der Waals surface area contributed by atoms with Crippen LogP contribution in [0.5, 0.6) is 5.75 Å². The maximum atomic E-state index is 13.1. The number of hydrogen-bond donors (Lipinski definition) is 0. The van der Waals surface area contributed by atoms with Crippen molar-refractivity contribution in [3.63, 3.8) is 0 Å². The van der Waals surface area contributed by atoms with Gasteiger partial charge in [-0.15, -0.1) is 0 Å². The molecule has 1 unspecified atom stereocenters. The summed E-state index contributed by atoms with van der Waals surface area (Å²) in [6.45, 7) is 7.67. The highest BCUT2D eigenvalue weighted by molar-refractivity contribution is 5.97. The van der Waals surface area contributed by atoms with E-state index in [1.807, 2.05) is 36.9 Å². The summed E-state index contributed by atoms with van der Waals surface area (Å²) < 4.78 is 11.2. The minimum Gasteiger partial charge on any atom is -0.491 e. The quantitative estimate of drug-likeness (QED) is 0.488. The third kappa shape index (κ3) is 5.33. The number of ether oxygens (including phenoxy) is 1. The van der Waals surface area contributed by atoms with Gasteiger partial charge < -0.3 is 14.2 Å². The number of carbonyl (C=O) groups excluding carboxylic acids is 2. The van der Waals surface area contributed by atoms with E-state index in [0.717, 1.165) is 60.6 Å². The molecule has 36 heavy (non-hydrogen) atoms. The van der Waals surface area contributed by atoms with E-state index in [1.54, 1.807) is 12.4 Å². The second kappa shape index (κ2) is 10.6. The number of aromatic nitrogens is 2. The third-order valence-electron chi connectivity index (χ3n) is 7.20. The Morgan fingerprint density at radius 2 is 2.06 bits per heavy atom. The molecule has 2 aromatic heterocycles. The SMILES string of the molecule is Cc1noc(C)c1CC(=O)N1CCOc2ccc(CN3CCCC(C(=O)c4cccnc4)C3)cc2C1. The Bertz CT molecular complexity index is 1220. The number of ketones is 1. The molecule has 188 valence electrons. The summed E-state index contributed by atoms with van der Waals surface area (Å²) in [5.74, 6) is 1.73. The molecule has 1 atom stereocenters. The second-order valence-electron chi connectivity index (χ2n) is 9.77. The van der Waals surface area contributed by atoms with Crippen LogP contribution in [0.15, 0.2) is 47.2 Å². The van der Waals surface area contributed by atoms with Crippen molar-refractivity contribution in [2.24, 2.45) is 5.92 Å². The normalized spacial score (nSPS) is 18.3. The van der Waals surface area contributed by atoms with Crippen LogP contribution in [0.3, 0.4) is 0 Å². The van der Waals surface area contributed by atoms with E-state index in [2.05, 4.69) is 27.2 Å². The molecule has 0 N–H and O–H groups in total. The van der Waals surface area contributed by atoms with Crippen LogP contribution in [0.1, 0.15) is 51.3 Å². The van der Waals surface area contributed by atoms with E-state index in [4.69, 9.17) is 9.26 Å². The van der Waals surface area contributed by atoms with Crippen LogP contribution in [0.2, 0.25) is 0 Å². The molecular formula is C28H32N4O4. The molecule has 8 nitrogen and oxygen atoms in total. The molecule has 1 saturated heterocycles. The number of amides is 1. The van der Waals surface area contributed by atoms with Crippen LogP contribution in [-0.4, -0.2) is 57.9 Å². The van der Waals surface area contributed by atoms with Crippen LogP contribution < -0.4 is 4.74 Å². The molecule has 1 aromatic carbocycles. The summed E-state index contributed by atoms with van der Waals surface area (Å²) >= 11 is 0. The van der Waals surface area contributed by atoms with Gasteiger partial charge >= 0.3 is 0 Å². The number of rotatable bonds is 6. The molecular weight excluding hydrogens is 456 g/mol. The van der Waals surface area contributed by atoms with Crippen molar-refractivity contribution < 1.29 is 18.8 Å². The number of piperidine rings is 1. The van der Waals surface area contributed by atoms with E-state index in [-0.39, 0.29) is 24.0 Å². The fraction of sp³-hybridized carbons (Fsp3) is 0.429. The minimum atomic E-state index is -0.00968. The first-order valence-corrected chi connectivity index (χ1v) is 12.6. The third-order valence-corrected chi connectivity index (χ3v) is 7.20. The van der Waals surface area contributed by atoms with Crippen molar-refractivity contribution in [3.8, 4) is 5.75 Å². The molecule has 1 fully saturated rings. The van der Waals surface area contributed by atoms with Crippen molar-refractivity contribution >= 4 is 11.7 Å². The molecule has 8 heteroatoms. The number of Topliss-reactive ketones (excluding diaryl/α,β-unsaturated/α-hetero) is 1. The summed E-state index contributed by atoms with van der Waals surface area (Å²) in [5.41, 5.74) is 4.48. The molecule has 3 aromatic rings. The van der Waals surface area contributed by atoms with Crippen LogP contribution >= 0.6 is 0 Å². The highest BCUT2D eigenvalue weighted by Crippen LogP contribution is 2.27. The number of hydrogen-bond acceptors (Lipinski definition) is 7. The lowest BCUT2D eigenvalue weighted by molar-refractivity contribution is -0.131. The van der Waals surface area contributed by atoms with E-state index in [9.17, 15) is 9.59 Å². The Morgan fingerprint density at radius 1 is 1.17 bits per heavy atom. The lowest BCUT2D eigenvalue weighted by Gasteiger charge is -2.32. The summed E-state index contributed by atoms with van der Waals surface area (Å²) in [7, 11) is 0. The van der Waals surface area contributed by atoms with Crippen molar-refractivity contribution in [1.29, 1.82) is 0 Å². The monoisotopic (exact) mass is 488 g/mol. The highest BCUT2D eigenvalue weighted by Gasteiger charge is 2.27. The zero-order valence-corrected chi connectivity index (χ0v) is 20.9. The summed E-state index contributed by atoms with van der Waals surface area (Å²) in [6.07, 6.45) is 5.53. The van der Waals surface area contributed by atoms with Gasteiger partial charge in [0.2, 0.25) is 5.91 Å². The smallest absolute Gasteiger partial charge is 0.227 e. The van der Waals surface area contributed by atoms with Gasteiger partial charge in [-0.3, -0.25) is 19.5 Å². The zero-order valence-electron chi connectivity index (χ0n) is 20.9. The topological polar surface area (TPSA) is 88.8 Å². The lowest BCUT2D eigenvalue weighted by Crippen LogP contribution is -2.38. The van der Waals surface area contributed by atoms with E-state index < -0.39 is 0 Å². The molecule has 2 aliphatic rings. The van der Waals surface area contributed by atoms with Crippen molar-refractivity contribution in [2.75, 3.05) is 26.2 Å². The zero-order chi connectivity index (χ0) is 25.1. The second-order valence-corrected chi connectivity index (χ2v) is 9.77. The van der Waals surface area contributed by atoms with Gasteiger partial charge in [0.15, 0.2) is 5.78 Å². The first-order valence-electron chi connectivity index (χ1n) is 12.6. The standard InChI is InChI=1S/C28H32N4O4/c1-19-25(20(2)36-30-19)14-27(33)32-11-12-35-26-8-7-21(13-24(26)18-32)16-31-10-4-6-23(17-31)28(34)22-5-3-9-29-15-22/h3,5,7-9,13,15,23H,4,6,10-12,14,16-18H2,1-2H3. The highest BCUT2D eigenvalue weighted by atomic mass is 16.5. The Hall–Kier alpha value is -3.52. The Morgan fingerprint density at radius 3 is 2.83 bits per heavy atom. The summed E-state index contributed by atoms with van der Waals surface area (Å²) in [4.78, 5) is 34.4. The Kier molecular flexibility index (Phi) is 7.13. The average Bonchev–Trinajstić information content (AvgIpc) is 3.08. The maximum absolute atomic E-state index is 13.1. The molecule has 0 saturated carbocycles. The molecule has 0 radical (unpaired) electrons. The van der Waals surface area contributed by atoms with Gasteiger partial charge in [0.05, 0.1) is 18.7 Å². The number of benzene rings is 1. The van der Waals surface area contributed by atoms with Gasteiger partial charge in [-0.05, 0) is 63.1 Å². The Labute approximate surface area is 211 Å². The largest absolute Gasteiger partial charge is 0.491 e. The van der Waals surface area contributed by atoms with Gasteiger partial charge in [-0.2, -0.15) is 0 Å². The van der Waals surface area contributed by atoms with E-state index in [1.165, 1.54) is 0 Å². The van der Waals surface area contributed by atoms with Crippen molar-refractivity contribution in [1.82, 2.24) is 19.9 Å². The van der Waals surface area contributed by atoms with Gasteiger partial charge in [0.25, 0.3) is 0 Å².